The SMILES string of the molecule is CC1CCN(C(=S)NC(=O)c2cccc(OCCc3ccccc3)c2)CC1. The van der Waals surface area contributed by atoms with Crippen molar-refractivity contribution in [3.63, 3.8) is 0 Å². The van der Waals surface area contributed by atoms with Crippen molar-refractivity contribution in [2.45, 2.75) is 26.2 Å². The molecule has 1 heterocycles. The second kappa shape index (κ2) is 9.51. The number of rotatable bonds is 5. The molecule has 0 atom stereocenters. The van der Waals surface area contributed by atoms with Gasteiger partial charge < -0.3 is 9.64 Å². The molecule has 0 spiro atoms. The molecule has 1 fully saturated rings. The Morgan fingerprint density at radius 3 is 2.63 bits per heavy atom. The smallest absolute Gasteiger partial charge is 0.257 e. The zero-order chi connectivity index (χ0) is 19.1. The number of carbonyl (C=O) groups is 1. The van der Waals surface area contributed by atoms with Crippen molar-refractivity contribution in [1.29, 1.82) is 0 Å². The fourth-order valence-electron chi connectivity index (χ4n) is 3.12. The van der Waals surface area contributed by atoms with E-state index < -0.39 is 0 Å². The molecule has 4 nitrogen and oxygen atoms in total. The molecule has 5 heteroatoms. The number of ether oxygens (including phenoxy) is 1. The lowest BCUT2D eigenvalue weighted by Crippen LogP contribution is -2.46. The molecular weight excluding hydrogens is 356 g/mol. The number of nitrogens with one attached hydrogen (secondary N) is 1. The van der Waals surface area contributed by atoms with Crippen molar-refractivity contribution in [3.8, 4) is 5.75 Å². The lowest BCUT2D eigenvalue weighted by Gasteiger charge is -2.32. The van der Waals surface area contributed by atoms with Crippen molar-refractivity contribution in [3.05, 3.63) is 65.7 Å². The van der Waals surface area contributed by atoms with E-state index in [9.17, 15) is 4.79 Å². The second-order valence-corrected chi connectivity index (χ2v) is 7.43. The molecule has 2 aromatic carbocycles. The molecule has 1 N–H and O–H groups in total. The Bertz CT molecular complexity index is 771. The third-order valence-corrected chi connectivity index (χ3v) is 5.25. The molecule has 3 rings (SSSR count). The van der Waals surface area contributed by atoms with E-state index in [0.29, 0.717) is 23.0 Å². The number of likely N-dealkylation sites (tertiary alicyclic amines) is 1. The summed E-state index contributed by atoms with van der Waals surface area (Å²) < 4.78 is 5.81. The lowest BCUT2D eigenvalue weighted by molar-refractivity contribution is 0.0971. The molecule has 0 bridgehead atoms. The van der Waals surface area contributed by atoms with Crippen molar-refractivity contribution < 1.29 is 9.53 Å². The number of hydrogen-bond donors (Lipinski definition) is 1. The van der Waals surface area contributed by atoms with Gasteiger partial charge in [-0.3, -0.25) is 10.1 Å². The number of nitrogens with zero attached hydrogens (tertiary/aromatic N) is 1. The number of piperidine rings is 1. The lowest BCUT2D eigenvalue weighted by atomic mass is 10.00. The molecule has 1 saturated heterocycles. The van der Waals surface area contributed by atoms with Crippen LogP contribution in [0.15, 0.2) is 54.6 Å². The molecule has 0 aromatic heterocycles. The zero-order valence-electron chi connectivity index (χ0n) is 15.7. The zero-order valence-corrected chi connectivity index (χ0v) is 16.5. The Hall–Kier alpha value is -2.40. The number of benzene rings is 2. The fraction of sp³-hybridized carbons (Fsp3) is 0.364. The molecule has 1 aliphatic rings. The number of hydrogen-bond acceptors (Lipinski definition) is 3. The van der Waals surface area contributed by atoms with Crippen molar-refractivity contribution in [2.75, 3.05) is 19.7 Å². The van der Waals surface area contributed by atoms with Gasteiger partial charge >= 0.3 is 0 Å². The quantitative estimate of drug-likeness (QED) is 0.792. The van der Waals surface area contributed by atoms with Crippen molar-refractivity contribution >= 4 is 23.2 Å². The van der Waals surface area contributed by atoms with Crippen LogP contribution in [0.5, 0.6) is 5.75 Å². The van der Waals surface area contributed by atoms with Gasteiger partial charge in [-0.1, -0.05) is 43.3 Å². The van der Waals surface area contributed by atoms with E-state index in [4.69, 9.17) is 17.0 Å². The summed E-state index contributed by atoms with van der Waals surface area (Å²) in [4.78, 5) is 14.6. The summed E-state index contributed by atoms with van der Waals surface area (Å²) in [7, 11) is 0. The van der Waals surface area contributed by atoms with Crippen LogP contribution < -0.4 is 10.1 Å². The van der Waals surface area contributed by atoms with Crippen LogP contribution in [0.3, 0.4) is 0 Å². The average molecular weight is 383 g/mol. The van der Waals surface area contributed by atoms with E-state index in [1.54, 1.807) is 12.1 Å². The predicted octanol–water partition coefficient (Wildman–Crippen LogP) is 4.05. The van der Waals surface area contributed by atoms with Crippen LogP contribution in [0.4, 0.5) is 0 Å². The highest BCUT2D eigenvalue weighted by atomic mass is 32.1. The van der Waals surface area contributed by atoms with Gasteiger partial charge in [-0.05, 0) is 54.7 Å². The van der Waals surface area contributed by atoms with E-state index in [-0.39, 0.29) is 5.91 Å². The normalized spacial score (nSPS) is 14.6. The highest BCUT2D eigenvalue weighted by Crippen LogP contribution is 2.17. The van der Waals surface area contributed by atoms with Gasteiger partial charge in [0.05, 0.1) is 6.61 Å². The molecule has 2 aromatic rings. The number of amides is 1. The van der Waals surface area contributed by atoms with Gasteiger partial charge in [-0.25, -0.2) is 0 Å². The Balaban J connectivity index is 1.51. The van der Waals surface area contributed by atoms with Gasteiger partial charge in [0.1, 0.15) is 5.75 Å². The highest BCUT2D eigenvalue weighted by molar-refractivity contribution is 7.80. The molecule has 142 valence electrons. The summed E-state index contributed by atoms with van der Waals surface area (Å²) >= 11 is 5.41. The minimum Gasteiger partial charge on any atom is -0.493 e. The molecule has 0 unspecified atom stereocenters. The van der Waals surface area contributed by atoms with E-state index in [0.717, 1.165) is 38.3 Å². The van der Waals surface area contributed by atoms with Gasteiger partial charge in [0.2, 0.25) is 0 Å². The van der Waals surface area contributed by atoms with Crippen LogP contribution in [0, 0.1) is 5.92 Å². The summed E-state index contributed by atoms with van der Waals surface area (Å²) in [5.74, 6) is 1.23. The van der Waals surface area contributed by atoms with E-state index in [1.165, 1.54) is 5.56 Å². The van der Waals surface area contributed by atoms with Crippen LogP contribution in [0.25, 0.3) is 0 Å². The molecular formula is C22H26N2O2S. The minimum atomic E-state index is -0.188. The topological polar surface area (TPSA) is 41.6 Å². The van der Waals surface area contributed by atoms with E-state index in [1.807, 2.05) is 30.3 Å². The molecule has 0 radical (unpaired) electrons. The number of thiocarbonyl (C=S) groups is 1. The van der Waals surface area contributed by atoms with Gasteiger partial charge in [-0.2, -0.15) is 0 Å². The summed E-state index contributed by atoms with van der Waals surface area (Å²) in [5, 5.41) is 3.37. The van der Waals surface area contributed by atoms with Crippen LogP contribution in [-0.2, 0) is 6.42 Å². The first-order valence-corrected chi connectivity index (χ1v) is 9.89. The molecule has 1 amide bonds. The second-order valence-electron chi connectivity index (χ2n) is 7.04. The first-order valence-electron chi connectivity index (χ1n) is 9.49. The van der Waals surface area contributed by atoms with Gasteiger partial charge in [0.15, 0.2) is 5.11 Å². The van der Waals surface area contributed by atoms with Crippen LogP contribution >= 0.6 is 12.2 Å². The maximum Gasteiger partial charge on any atom is 0.257 e. The fourth-order valence-corrected chi connectivity index (χ4v) is 3.39. The molecule has 1 aliphatic heterocycles. The predicted molar refractivity (Wildman–Crippen MR) is 112 cm³/mol. The maximum atomic E-state index is 12.5. The summed E-state index contributed by atoms with van der Waals surface area (Å²) in [6.07, 6.45) is 3.05. The Morgan fingerprint density at radius 1 is 1.15 bits per heavy atom. The largest absolute Gasteiger partial charge is 0.493 e. The summed E-state index contributed by atoms with van der Waals surface area (Å²) in [6, 6.07) is 17.4. The van der Waals surface area contributed by atoms with Crippen LogP contribution in [0.1, 0.15) is 35.7 Å². The van der Waals surface area contributed by atoms with Gasteiger partial charge in [0.25, 0.3) is 5.91 Å². The Kier molecular flexibility index (Phi) is 6.82. The van der Waals surface area contributed by atoms with E-state index >= 15 is 0 Å². The number of carbonyl (C=O) groups excluding carboxylic acids is 1. The standard InChI is InChI=1S/C22H26N2O2S/c1-17-10-13-24(14-11-17)22(27)23-21(25)19-8-5-9-20(16-19)26-15-12-18-6-3-2-4-7-18/h2-9,16-17H,10-15H2,1H3,(H,23,25,27). The van der Waals surface area contributed by atoms with Crippen molar-refractivity contribution in [1.82, 2.24) is 10.2 Å². The third kappa shape index (κ3) is 5.79. The Morgan fingerprint density at radius 2 is 1.89 bits per heavy atom. The minimum absolute atomic E-state index is 0.188. The third-order valence-electron chi connectivity index (χ3n) is 4.89. The highest BCUT2D eigenvalue weighted by Gasteiger charge is 2.19. The van der Waals surface area contributed by atoms with Crippen LogP contribution in [-0.4, -0.2) is 35.6 Å². The molecule has 0 aliphatic carbocycles. The molecule has 0 saturated carbocycles. The summed E-state index contributed by atoms with van der Waals surface area (Å²) in [6.45, 7) is 4.63. The monoisotopic (exact) mass is 382 g/mol. The van der Waals surface area contributed by atoms with Crippen LogP contribution in [0.2, 0.25) is 0 Å². The Labute approximate surface area is 166 Å². The van der Waals surface area contributed by atoms with Crippen molar-refractivity contribution in [2.24, 2.45) is 5.92 Å². The van der Waals surface area contributed by atoms with E-state index in [2.05, 4.69) is 29.3 Å². The molecule has 27 heavy (non-hydrogen) atoms. The first-order chi connectivity index (χ1) is 13.1. The average Bonchev–Trinajstić information content (AvgIpc) is 2.69. The maximum absolute atomic E-state index is 12.5. The summed E-state index contributed by atoms with van der Waals surface area (Å²) in [5.41, 5.74) is 1.78. The van der Waals surface area contributed by atoms with Gasteiger partial charge in [0, 0.05) is 25.1 Å². The first kappa shape index (κ1) is 19.4. The van der Waals surface area contributed by atoms with Gasteiger partial charge in [-0.15, -0.1) is 0 Å².